The number of hydrogen-bond acceptors (Lipinski definition) is 4. The van der Waals surface area contributed by atoms with E-state index in [9.17, 15) is 4.79 Å². The SMILES string of the molecule is CCc1ccc(NC(=O)CSc2nnc(C3CC3)n2C(C)C)cc1. The van der Waals surface area contributed by atoms with Gasteiger partial charge in [-0.25, -0.2) is 0 Å². The number of thioether (sulfide) groups is 1. The van der Waals surface area contributed by atoms with Crippen LogP contribution in [0.25, 0.3) is 0 Å². The Balaban J connectivity index is 1.59. The van der Waals surface area contributed by atoms with Gasteiger partial charge in [-0.1, -0.05) is 30.8 Å². The fourth-order valence-electron chi connectivity index (χ4n) is 2.64. The number of hydrogen-bond donors (Lipinski definition) is 1. The van der Waals surface area contributed by atoms with E-state index in [1.165, 1.54) is 30.2 Å². The van der Waals surface area contributed by atoms with Gasteiger partial charge >= 0.3 is 0 Å². The predicted octanol–water partition coefficient (Wildman–Crippen LogP) is 4.03. The van der Waals surface area contributed by atoms with Gasteiger partial charge < -0.3 is 9.88 Å². The summed E-state index contributed by atoms with van der Waals surface area (Å²) in [6, 6.07) is 8.29. The van der Waals surface area contributed by atoms with Gasteiger partial charge in [-0.2, -0.15) is 0 Å². The highest BCUT2D eigenvalue weighted by Gasteiger charge is 2.31. The van der Waals surface area contributed by atoms with Crippen LogP contribution in [0.1, 0.15) is 57.0 Å². The molecule has 0 spiro atoms. The van der Waals surface area contributed by atoms with E-state index in [2.05, 4.69) is 40.9 Å². The first-order valence-corrected chi connectivity index (χ1v) is 9.53. The van der Waals surface area contributed by atoms with Gasteiger partial charge in [0.15, 0.2) is 5.16 Å². The number of benzene rings is 1. The number of carbonyl (C=O) groups is 1. The molecule has 0 unspecified atom stereocenters. The van der Waals surface area contributed by atoms with Crippen molar-refractivity contribution in [2.75, 3.05) is 11.1 Å². The molecular weight excluding hydrogens is 320 g/mol. The minimum absolute atomic E-state index is 0.0180. The van der Waals surface area contributed by atoms with Crippen molar-refractivity contribution >= 4 is 23.4 Å². The van der Waals surface area contributed by atoms with E-state index in [1.807, 2.05) is 24.3 Å². The van der Waals surface area contributed by atoms with Crippen LogP contribution in [0.15, 0.2) is 29.4 Å². The second-order valence-corrected chi connectivity index (χ2v) is 7.41. The summed E-state index contributed by atoms with van der Waals surface area (Å²) >= 11 is 1.45. The number of anilines is 1. The van der Waals surface area contributed by atoms with Crippen molar-refractivity contribution in [1.82, 2.24) is 14.8 Å². The Labute approximate surface area is 147 Å². The molecule has 2 aromatic rings. The Morgan fingerprint density at radius 1 is 1.29 bits per heavy atom. The zero-order chi connectivity index (χ0) is 17.1. The molecule has 0 saturated heterocycles. The van der Waals surface area contributed by atoms with Gasteiger partial charge in [-0.15, -0.1) is 10.2 Å². The Morgan fingerprint density at radius 2 is 2.00 bits per heavy atom. The van der Waals surface area contributed by atoms with E-state index < -0.39 is 0 Å². The fraction of sp³-hybridized carbons (Fsp3) is 0.500. The molecule has 5 nitrogen and oxygen atoms in total. The average molecular weight is 344 g/mol. The summed E-state index contributed by atoms with van der Waals surface area (Å²) < 4.78 is 2.17. The molecule has 24 heavy (non-hydrogen) atoms. The van der Waals surface area contributed by atoms with E-state index in [0.717, 1.165) is 23.1 Å². The normalized spacial score (nSPS) is 14.2. The van der Waals surface area contributed by atoms with Crippen LogP contribution in [0.3, 0.4) is 0 Å². The first kappa shape index (κ1) is 17.0. The zero-order valence-corrected chi connectivity index (χ0v) is 15.3. The largest absolute Gasteiger partial charge is 0.325 e. The lowest BCUT2D eigenvalue weighted by atomic mass is 10.1. The molecule has 1 aromatic carbocycles. The lowest BCUT2D eigenvalue weighted by Crippen LogP contribution is -2.15. The van der Waals surface area contributed by atoms with Crippen LogP contribution in [0.5, 0.6) is 0 Å². The van der Waals surface area contributed by atoms with Gasteiger partial charge in [0.25, 0.3) is 0 Å². The summed E-state index contributed by atoms with van der Waals surface area (Å²) in [7, 11) is 0. The molecule has 1 fully saturated rings. The Kier molecular flexibility index (Phi) is 5.23. The number of amides is 1. The minimum Gasteiger partial charge on any atom is -0.325 e. The number of carbonyl (C=O) groups excluding carboxylic acids is 1. The summed E-state index contributed by atoms with van der Waals surface area (Å²) in [4.78, 5) is 12.2. The van der Waals surface area contributed by atoms with Crippen molar-refractivity contribution in [2.45, 2.75) is 57.1 Å². The third-order valence-corrected chi connectivity index (χ3v) is 5.07. The molecule has 1 heterocycles. The predicted molar refractivity (Wildman–Crippen MR) is 97.6 cm³/mol. The second kappa shape index (κ2) is 7.38. The van der Waals surface area contributed by atoms with Crippen LogP contribution in [0, 0.1) is 0 Å². The molecule has 128 valence electrons. The minimum atomic E-state index is -0.0180. The standard InChI is InChI=1S/C18H24N4OS/c1-4-13-5-9-15(10-6-13)19-16(23)11-24-18-21-20-17(14-7-8-14)22(18)12(2)3/h5-6,9-10,12,14H,4,7-8,11H2,1-3H3,(H,19,23). The molecule has 1 N–H and O–H groups in total. The molecule has 0 aliphatic heterocycles. The van der Waals surface area contributed by atoms with E-state index in [4.69, 9.17) is 0 Å². The molecule has 1 aliphatic carbocycles. The average Bonchev–Trinajstić information content (AvgIpc) is 3.33. The summed E-state index contributed by atoms with van der Waals surface area (Å²) in [5, 5.41) is 12.4. The van der Waals surface area contributed by atoms with Crippen molar-refractivity contribution in [1.29, 1.82) is 0 Å². The Bertz CT molecular complexity index is 704. The summed E-state index contributed by atoms with van der Waals surface area (Å²) in [6.07, 6.45) is 3.39. The van der Waals surface area contributed by atoms with Gasteiger partial charge in [0.05, 0.1) is 5.75 Å². The third-order valence-electron chi connectivity index (χ3n) is 4.13. The van der Waals surface area contributed by atoms with Gasteiger partial charge in [0, 0.05) is 17.6 Å². The maximum Gasteiger partial charge on any atom is 0.234 e. The topological polar surface area (TPSA) is 59.8 Å². The summed E-state index contributed by atoms with van der Waals surface area (Å²) in [6.45, 7) is 6.38. The van der Waals surface area contributed by atoms with Crippen LogP contribution in [-0.4, -0.2) is 26.4 Å². The van der Waals surface area contributed by atoms with Gasteiger partial charge in [-0.3, -0.25) is 4.79 Å². The molecule has 0 radical (unpaired) electrons. The fourth-order valence-corrected chi connectivity index (χ4v) is 3.52. The quantitative estimate of drug-likeness (QED) is 0.770. The van der Waals surface area contributed by atoms with Crippen LogP contribution in [0.4, 0.5) is 5.69 Å². The number of aryl methyl sites for hydroxylation is 1. The molecule has 0 bridgehead atoms. The monoisotopic (exact) mass is 344 g/mol. The molecule has 0 atom stereocenters. The lowest BCUT2D eigenvalue weighted by Gasteiger charge is -2.13. The second-order valence-electron chi connectivity index (χ2n) is 6.47. The maximum absolute atomic E-state index is 12.2. The number of nitrogens with one attached hydrogen (secondary N) is 1. The lowest BCUT2D eigenvalue weighted by molar-refractivity contribution is -0.113. The van der Waals surface area contributed by atoms with E-state index >= 15 is 0 Å². The Morgan fingerprint density at radius 3 is 2.58 bits per heavy atom. The van der Waals surface area contributed by atoms with Crippen LogP contribution in [-0.2, 0) is 11.2 Å². The first-order valence-electron chi connectivity index (χ1n) is 8.55. The third kappa shape index (κ3) is 3.98. The summed E-state index contributed by atoms with van der Waals surface area (Å²) in [5.74, 6) is 1.95. The summed E-state index contributed by atoms with van der Waals surface area (Å²) in [5.41, 5.74) is 2.10. The first-order chi connectivity index (χ1) is 11.6. The van der Waals surface area contributed by atoms with Crippen molar-refractivity contribution in [2.24, 2.45) is 0 Å². The maximum atomic E-state index is 12.2. The van der Waals surface area contributed by atoms with Crippen molar-refractivity contribution < 1.29 is 4.79 Å². The van der Waals surface area contributed by atoms with Crippen LogP contribution in [0.2, 0.25) is 0 Å². The van der Waals surface area contributed by atoms with Crippen LogP contribution >= 0.6 is 11.8 Å². The zero-order valence-electron chi connectivity index (χ0n) is 14.5. The Hall–Kier alpha value is -1.82. The number of aromatic nitrogens is 3. The van der Waals surface area contributed by atoms with Crippen molar-refractivity contribution in [3.05, 3.63) is 35.7 Å². The molecule has 1 saturated carbocycles. The molecule has 1 aromatic heterocycles. The molecule has 1 aliphatic rings. The molecule has 1 amide bonds. The van der Waals surface area contributed by atoms with Crippen molar-refractivity contribution in [3.8, 4) is 0 Å². The van der Waals surface area contributed by atoms with Gasteiger partial charge in [0.1, 0.15) is 5.82 Å². The smallest absolute Gasteiger partial charge is 0.234 e. The number of rotatable bonds is 7. The highest BCUT2D eigenvalue weighted by atomic mass is 32.2. The number of nitrogens with zero attached hydrogens (tertiary/aromatic N) is 3. The van der Waals surface area contributed by atoms with Crippen molar-refractivity contribution in [3.63, 3.8) is 0 Å². The molecular formula is C18H24N4OS. The van der Waals surface area contributed by atoms with E-state index in [1.54, 1.807) is 0 Å². The van der Waals surface area contributed by atoms with Gasteiger partial charge in [-0.05, 0) is 50.8 Å². The van der Waals surface area contributed by atoms with Crippen LogP contribution < -0.4 is 5.32 Å². The van der Waals surface area contributed by atoms with Gasteiger partial charge in [0.2, 0.25) is 5.91 Å². The van der Waals surface area contributed by atoms with E-state index in [-0.39, 0.29) is 5.91 Å². The molecule has 3 rings (SSSR count). The highest BCUT2D eigenvalue weighted by molar-refractivity contribution is 7.99. The highest BCUT2D eigenvalue weighted by Crippen LogP contribution is 2.41. The van der Waals surface area contributed by atoms with E-state index in [0.29, 0.717) is 17.7 Å². The molecule has 6 heteroatoms.